The predicted octanol–water partition coefficient (Wildman–Crippen LogP) is 1.72. The van der Waals surface area contributed by atoms with E-state index >= 15 is 0 Å². The third kappa shape index (κ3) is 49.1. The van der Waals surface area contributed by atoms with E-state index in [1.165, 1.54) is 21.3 Å². The molecule has 3 aromatic rings. The first-order valence-corrected chi connectivity index (χ1v) is 12.6. The van der Waals surface area contributed by atoms with Gasteiger partial charge in [-0.2, -0.15) is 18.6 Å². The maximum absolute atomic E-state index is 10.6. The molecule has 15 heteroatoms. The third-order valence-electron chi connectivity index (χ3n) is 2.84. The van der Waals surface area contributed by atoms with E-state index in [1.807, 2.05) is 0 Å². The fourth-order valence-corrected chi connectivity index (χ4v) is 1.58. The van der Waals surface area contributed by atoms with Crippen LogP contribution in [0.25, 0.3) is 0 Å². The van der Waals surface area contributed by atoms with Crippen molar-refractivity contribution >= 4 is 17.9 Å². The molecule has 0 N–H and O–H groups in total. The fourth-order valence-electron chi connectivity index (χ4n) is 1.58. The summed E-state index contributed by atoms with van der Waals surface area (Å²) in [4.78, 5) is 42.9. The minimum atomic E-state index is -0.750. The number of carbonyl (C=O) groups is 3. The van der Waals surface area contributed by atoms with Crippen molar-refractivity contribution in [1.29, 1.82) is 0 Å². The van der Waals surface area contributed by atoms with E-state index in [2.05, 4.69) is 29.2 Å². The molecular formula is C30H45N3O9Zn3. The normalized spacial score (nSPS) is 9.40. The summed E-state index contributed by atoms with van der Waals surface area (Å²) in [5.41, 5.74) is -1.17. The van der Waals surface area contributed by atoms with E-state index in [0.717, 1.165) is 0 Å². The van der Waals surface area contributed by atoms with Gasteiger partial charge in [0.2, 0.25) is 0 Å². The quantitative estimate of drug-likeness (QED) is 0.213. The molecule has 3 aromatic heterocycles. The summed E-state index contributed by atoms with van der Waals surface area (Å²) in [7, 11) is 3.99. The SMILES string of the molecule is CC(C)(C)[O-].CC(C)(C)[O-].CC(C)(C)[O-].COC(=O)c1ccc[n-]1.COC(=O)c1ccc[n-]1.COC(=O)c1ccc[n-]1.[Zn+2].[Zn+2].[Zn+2]. The Morgan fingerprint density at radius 3 is 0.733 bits per heavy atom. The van der Waals surface area contributed by atoms with Crippen molar-refractivity contribution in [1.82, 2.24) is 15.0 Å². The summed E-state index contributed by atoms with van der Waals surface area (Å²) in [5, 5.41) is 30.3. The molecule has 45 heavy (non-hydrogen) atoms. The largest absolute Gasteiger partial charge is 2.00 e. The van der Waals surface area contributed by atoms with Crippen molar-refractivity contribution < 1.29 is 102 Å². The summed E-state index contributed by atoms with van der Waals surface area (Å²) in [5.74, 6) is -1.17. The summed E-state index contributed by atoms with van der Waals surface area (Å²) in [6.45, 7) is 14.7. The van der Waals surface area contributed by atoms with Crippen LogP contribution in [0.4, 0.5) is 0 Å². The van der Waals surface area contributed by atoms with Gasteiger partial charge in [0.1, 0.15) is 0 Å². The molecule has 0 spiro atoms. The predicted molar refractivity (Wildman–Crippen MR) is 153 cm³/mol. The van der Waals surface area contributed by atoms with E-state index in [1.54, 1.807) is 117 Å². The molecule has 0 aromatic carbocycles. The zero-order valence-corrected chi connectivity index (χ0v) is 37.7. The molecule has 3 rings (SSSR count). The van der Waals surface area contributed by atoms with Crippen molar-refractivity contribution in [3.8, 4) is 0 Å². The molecule has 0 atom stereocenters. The second-order valence-corrected chi connectivity index (χ2v) is 10.9. The maximum atomic E-state index is 10.6. The van der Waals surface area contributed by atoms with Gasteiger partial charge in [0, 0.05) is 0 Å². The zero-order valence-electron chi connectivity index (χ0n) is 28.8. The van der Waals surface area contributed by atoms with Crippen LogP contribution in [-0.2, 0) is 72.6 Å². The Bertz CT molecular complexity index is 915. The first-order valence-electron chi connectivity index (χ1n) is 12.6. The van der Waals surface area contributed by atoms with Crippen LogP contribution in [0.3, 0.4) is 0 Å². The van der Waals surface area contributed by atoms with Crippen molar-refractivity contribution in [2.75, 3.05) is 21.3 Å². The van der Waals surface area contributed by atoms with E-state index in [4.69, 9.17) is 0 Å². The van der Waals surface area contributed by atoms with Gasteiger partial charge in [0.15, 0.2) is 0 Å². The van der Waals surface area contributed by atoms with Gasteiger partial charge in [-0.1, -0.05) is 98.7 Å². The molecule has 0 bridgehead atoms. The second kappa shape index (κ2) is 29.4. The number of hydrogen-bond acceptors (Lipinski definition) is 9. The Hall–Kier alpha value is -2.00. The van der Waals surface area contributed by atoms with Crippen LogP contribution in [0.1, 0.15) is 93.8 Å². The molecule has 0 aliphatic carbocycles. The minimum absolute atomic E-state index is 0. The molecule has 0 radical (unpaired) electrons. The van der Waals surface area contributed by atoms with Crippen LogP contribution >= 0.6 is 0 Å². The minimum Gasteiger partial charge on any atom is -0.850 e. The summed E-state index contributed by atoms with van der Waals surface area (Å²) in [6.07, 6.45) is 4.64. The van der Waals surface area contributed by atoms with E-state index in [9.17, 15) is 29.7 Å². The molecular weight excluding hydrogens is 743 g/mol. The van der Waals surface area contributed by atoms with Crippen molar-refractivity contribution in [2.24, 2.45) is 0 Å². The van der Waals surface area contributed by atoms with Gasteiger partial charge in [-0.05, 0) is 17.1 Å². The van der Waals surface area contributed by atoms with Gasteiger partial charge < -0.3 is 44.5 Å². The molecule has 12 nitrogen and oxygen atoms in total. The Morgan fingerprint density at radius 2 is 0.644 bits per heavy atom. The van der Waals surface area contributed by atoms with Crippen LogP contribution in [0, 0.1) is 0 Å². The first-order chi connectivity index (χ1) is 19.0. The molecule has 0 fully saturated rings. The standard InChI is InChI=1S/3C6H7NO2.3C4H9O.3Zn/c3*1-9-6(8)5-3-2-4-7-5;3*1-4(2,3)5;;;/h3*2-4H,1H3,(H,7,8);3*1-3H3;;;/q;;;3*-1;3*+2/p-3. The molecule has 0 aliphatic heterocycles. The third-order valence-corrected chi connectivity index (χ3v) is 2.84. The van der Waals surface area contributed by atoms with Gasteiger partial charge in [0.05, 0.1) is 21.3 Å². The first kappa shape index (κ1) is 55.4. The maximum Gasteiger partial charge on any atom is 2.00 e. The van der Waals surface area contributed by atoms with Crippen molar-refractivity contribution in [3.05, 3.63) is 72.1 Å². The molecule has 0 saturated heterocycles. The Kier molecular flexibility index (Phi) is 36.2. The fraction of sp³-hybridized carbons (Fsp3) is 0.500. The molecule has 0 saturated carbocycles. The van der Waals surface area contributed by atoms with Gasteiger partial charge in [-0.15, -0.1) is 16.8 Å². The number of ether oxygens (including phenoxy) is 3. The number of methoxy groups -OCH3 is 3. The second-order valence-electron chi connectivity index (χ2n) is 10.9. The summed E-state index contributed by atoms with van der Waals surface area (Å²) >= 11 is 0. The van der Waals surface area contributed by atoms with E-state index in [0.29, 0.717) is 17.1 Å². The van der Waals surface area contributed by atoms with Crippen LogP contribution in [0.5, 0.6) is 0 Å². The molecule has 0 amide bonds. The molecule has 3 heterocycles. The summed E-state index contributed by atoms with van der Waals surface area (Å²) in [6, 6.07) is 9.87. The number of esters is 3. The van der Waals surface area contributed by atoms with E-state index < -0.39 is 16.8 Å². The van der Waals surface area contributed by atoms with Gasteiger partial charge in [0.25, 0.3) is 0 Å². The Labute approximate surface area is 306 Å². The van der Waals surface area contributed by atoms with E-state index in [-0.39, 0.29) is 76.3 Å². The monoisotopic (exact) mass is 783 g/mol. The van der Waals surface area contributed by atoms with Crippen LogP contribution < -0.4 is 30.3 Å². The van der Waals surface area contributed by atoms with Gasteiger partial charge >= 0.3 is 76.3 Å². The smallest absolute Gasteiger partial charge is 0.850 e. The zero-order chi connectivity index (χ0) is 33.6. The number of nitrogens with zero attached hydrogens (tertiary/aromatic N) is 3. The molecule has 0 unspecified atom stereocenters. The average molecular weight is 788 g/mol. The summed E-state index contributed by atoms with van der Waals surface area (Å²) < 4.78 is 13.2. The number of carbonyl (C=O) groups excluding carboxylic acids is 3. The van der Waals surface area contributed by atoms with Crippen molar-refractivity contribution in [2.45, 2.75) is 79.1 Å². The van der Waals surface area contributed by atoms with Crippen LogP contribution in [0.15, 0.2) is 55.0 Å². The van der Waals surface area contributed by atoms with Crippen LogP contribution in [0.2, 0.25) is 0 Å². The van der Waals surface area contributed by atoms with Crippen LogP contribution in [-0.4, -0.2) is 56.0 Å². The number of rotatable bonds is 3. The van der Waals surface area contributed by atoms with Gasteiger partial charge in [-0.3, -0.25) is 0 Å². The Morgan fingerprint density at radius 1 is 0.489 bits per heavy atom. The molecule has 0 aliphatic rings. The molecule has 240 valence electrons. The topological polar surface area (TPSA) is 190 Å². The van der Waals surface area contributed by atoms with Crippen molar-refractivity contribution in [3.63, 3.8) is 0 Å². The average Bonchev–Trinajstić information content (AvgIpc) is 3.63. The van der Waals surface area contributed by atoms with Gasteiger partial charge in [-0.25, -0.2) is 14.4 Å². The number of hydrogen-bond donors (Lipinski definition) is 0. The Balaban J connectivity index is -0.000000102. The number of aromatic nitrogens is 3.